The first-order valence-electron chi connectivity index (χ1n) is 6.83. The van der Waals surface area contributed by atoms with E-state index in [-0.39, 0.29) is 0 Å². The zero-order chi connectivity index (χ0) is 13.1. The molecule has 0 spiro atoms. The minimum absolute atomic E-state index is 0.408. The number of nitrogens with two attached hydrogens (primary N) is 1. The van der Waals surface area contributed by atoms with Gasteiger partial charge in [0.05, 0.1) is 0 Å². The molecule has 19 heavy (non-hydrogen) atoms. The molecule has 1 aromatic heterocycles. The molecule has 3 rings (SSSR count). The van der Waals surface area contributed by atoms with E-state index in [0.717, 1.165) is 17.8 Å². The van der Waals surface area contributed by atoms with E-state index < -0.39 is 0 Å². The van der Waals surface area contributed by atoms with Gasteiger partial charge in [-0.05, 0) is 49.9 Å². The van der Waals surface area contributed by atoms with E-state index in [1.807, 2.05) is 11.6 Å². The lowest BCUT2D eigenvalue weighted by Crippen LogP contribution is -2.32. The number of benzene rings is 1. The van der Waals surface area contributed by atoms with Crippen LogP contribution in [-0.4, -0.2) is 17.1 Å². The van der Waals surface area contributed by atoms with Crippen LogP contribution in [0.2, 0.25) is 0 Å². The number of anilines is 1. The Kier molecular flexibility index (Phi) is 3.80. The largest absolute Gasteiger partial charge is 0.382 e. The minimum atomic E-state index is 0.408. The van der Waals surface area contributed by atoms with Gasteiger partial charge in [0.2, 0.25) is 0 Å². The molecule has 0 radical (unpaired) electrons. The van der Waals surface area contributed by atoms with Gasteiger partial charge in [-0.15, -0.1) is 11.3 Å². The summed E-state index contributed by atoms with van der Waals surface area (Å²) in [6, 6.07) is 9.54. The maximum Gasteiger partial charge on any atom is 0.123 e. The average molecular weight is 273 g/mol. The highest BCUT2D eigenvalue weighted by Gasteiger charge is 2.17. The Morgan fingerprint density at radius 1 is 1.11 bits per heavy atom. The summed E-state index contributed by atoms with van der Waals surface area (Å²) in [5.74, 6) is 0. The lowest BCUT2D eigenvalue weighted by atomic mass is 9.91. The quantitative estimate of drug-likeness (QED) is 0.900. The van der Waals surface area contributed by atoms with E-state index in [2.05, 4.69) is 34.6 Å². The lowest BCUT2D eigenvalue weighted by molar-refractivity contribution is 0.411. The summed E-state index contributed by atoms with van der Waals surface area (Å²) in [6.07, 6.45) is 6.46. The molecule has 4 heteroatoms. The Bertz CT molecular complexity index is 499. The molecule has 1 fully saturated rings. The summed E-state index contributed by atoms with van der Waals surface area (Å²) < 4.78 is 0. The van der Waals surface area contributed by atoms with E-state index in [1.165, 1.54) is 24.1 Å². The van der Waals surface area contributed by atoms with Crippen molar-refractivity contribution < 1.29 is 0 Å². The molecule has 1 heterocycles. The van der Waals surface area contributed by atoms with E-state index in [0.29, 0.717) is 12.1 Å². The molecule has 1 aliphatic carbocycles. The predicted molar refractivity (Wildman–Crippen MR) is 81.4 cm³/mol. The molecule has 100 valence electrons. The predicted octanol–water partition coefficient (Wildman–Crippen LogP) is 3.49. The molecule has 1 aromatic carbocycles. The van der Waals surface area contributed by atoms with Gasteiger partial charge >= 0.3 is 0 Å². The van der Waals surface area contributed by atoms with Crippen LogP contribution in [0.1, 0.15) is 25.7 Å². The van der Waals surface area contributed by atoms with E-state index in [4.69, 9.17) is 5.73 Å². The zero-order valence-corrected chi connectivity index (χ0v) is 11.7. The van der Waals surface area contributed by atoms with E-state index >= 15 is 0 Å². The summed E-state index contributed by atoms with van der Waals surface area (Å²) >= 11 is 1.67. The van der Waals surface area contributed by atoms with Crippen molar-refractivity contribution in [3.05, 3.63) is 35.8 Å². The third-order valence-corrected chi connectivity index (χ3v) is 4.53. The summed E-state index contributed by atoms with van der Waals surface area (Å²) in [5, 5.41) is 6.69. The van der Waals surface area contributed by atoms with Crippen LogP contribution in [0.3, 0.4) is 0 Å². The van der Waals surface area contributed by atoms with Crippen LogP contribution >= 0.6 is 11.3 Å². The first kappa shape index (κ1) is 12.6. The summed E-state index contributed by atoms with van der Waals surface area (Å²) in [6.45, 7) is 0. The number of nitrogens with zero attached hydrogens (tertiary/aromatic N) is 1. The first-order valence-corrected chi connectivity index (χ1v) is 7.71. The number of rotatable bonds is 3. The van der Waals surface area contributed by atoms with Gasteiger partial charge in [-0.3, -0.25) is 0 Å². The fourth-order valence-corrected chi connectivity index (χ4v) is 3.22. The van der Waals surface area contributed by atoms with Crippen LogP contribution in [-0.2, 0) is 0 Å². The molecular weight excluding hydrogens is 254 g/mol. The summed E-state index contributed by atoms with van der Waals surface area (Å²) in [7, 11) is 0. The second kappa shape index (κ2) is 5.72. The monoisotopic (exact) mass is 273 g/mol. The Balaban J connectivity index is 1.63. The number of hydrogen-bond acceptors (Lipinski definition) is 4. The SMILES string of the molecule is NC1CCC(Nc2ccc(-c3nccs3)cc2)CC1. The zero-order valence-electron chi connectivity index (χ0n) is 10.9. The molecule has 0 bridgehead atoms. The van der Waals surface area contributed by atoms with Crippen LogP contribution in [0.25, 0.3) is 10.6 Å². The van der Waals surface area contributed by atoms with Crippen molar-refractivity contribution >= 4 is 17.0 Å². The Labute approximate surface area is 117 Å². The second-order valence-corrected chi connectivity index (χ2v) is 6.07. The van der Waals surface area contributed by atoms with Crippen molar-refractivity contribution in [1.82, 2.24) is 4.98 Å². The fourth-order valence-electron chi connectivity index (χ4n) is 2.57. The van der Waals surface area contributed by atoms with E-state index in [9.17, 15) is 0 Å². The van der Waals surface area contributed by atoms with Crippen LogP contribution in [0.4, 0.5) is 5.69 Å². The van der Waals surface area contributed by atoms with Gasteiger partial charge in [-0.25, -0.2) is 4.98 Å². The topological polar surface area (TPSA) is 50.9 Å². The number of aromatic nitrogens is 1. The molecule has 0 saturated heterocycles. The maximum absolute atomic E-state index is 5.93. The smallest absolute Gasteiger partial charge is 0.123 e. The normalized spacial score (nSPS) is 23.2. The number of nitrogens with one attached hydrogen (secondary N) is 1. The highest BCUT2D eigenvalue weighted by molar-refractivity contribution is 7.13. The molecule has 0 atom stereocenters. The highest BCUT2D eigenvalue weighted by atomic mass is 32.1. The van der Waals surface area contributed by atoms with Crippen molar-refractivity contribution in [2.24, 2.45) is 5.73 Å². The third-order valence-electron chi connectivity index (χ3n) is 3.71. The summed E-state index contributed by atoms with van der Waals surface area (Å²) in [5.41, 5.74) is 8.31. The molecule has 1 aliphatic rings. The van der Waals surface area contributed by atoms with Crippen molar-refractivity contribution in [2.45, 2.75) is 37.8 Å². The van der Waals surface area contributed by atoms with Crippen molar-refractivity contribution in [3.8, 4) is 10.6 Å². The Hall–Kier alpha value is -1.39. The molecule has 1 saturated carbocycles. The standard InChI is InChI=1S/C15H19N3S/c16-12-3-7-14(8-4-12)18-13-5-1-11(2-6-13)15-17-9-10-19-15/h1-2,5-6,9-10,12,14,18H,3-4,7-8,16H2. The molecule has 2 aromatic rings. The van der Waals surface area contributed by atoms with Crippen molar-refractivity contribution in [1.29, 1.82) is 0 Å². The minimum Gasteiger partial charge on any atom is -0.382 e. The molecule has 3 nitrogen and oxygen atoms in total. The first-order chi connectivity index (χ1) is 9.31. The van der Waals surface area contributed by atoms with Crippen LogP contribution in [0.15, 0.2) is 35.8 Å². The van der Waals surface area contributed by atoms with Crippen LogP contribution < -0.4 is 11.1 Å². The van der Waals surface area contributed by atoms with Gasteiger partial charge < -0.3 is 11.1 Å². The molecule has 0 unspecified atom stereocenters. The molecule has 0 amide bonds. The van der Waals surface area contributed by atoms with Crippen molar-refractivity contribution in [2.75, 3.05) is 5.32 Å². The number of thiazole rings is 1. The Morgan fingerprint density at radius 2 is 1.84 bits per heavy atom. The van der Waals surface area contributed by atoms with Gasteiger partial charge in [-0.2, -0.15) is 0 Å². The van der Waals surface area contributed by atoms with E-state index in [1.54, 1.807) is 11.3 Å². The van der Waals surface area contributed by atoms with Gasteiger partial charge in [0.1, 0.15) is 5.01 Å². The summed E-state index contributed by atoms with van der Waals surface area (Å²) in [4.78, 5) is 4.32. The molecule has 0 aliphatic heterocycles. The van der Waals surface area contributed by atoms with Gasteiger partial charge in [0.15, 0.2) is 0 Å². The molecular formula is C15H19N3S. The average Bonchev–Trinajstić information content (AvgIpc) is 2.96. The second-order valence-electron chi connectivity index (χ2n) is 5.17. The number of hydrogen-bond donors (Lipinski definition) is 2. The van der Waals surface area contributed by atoms with Crippen LogP contribution in [0.5, 0.6) is 0 Å². The highest BCUT2D eigenvalue weighted by Crippen LogP contribution is 2.25. The van der Waals surface area contributed by atoms with Gasteiger partial charge in [-0.1, -0.05) is 0 Å². The van der Waals surface area contributed by atoms with Gasteiger partial charge in [0, 0.05) is 34.9 Å². The maximum atomic E-state index is 5.93. The fraction of sp³-hybridized carbons (Fsp3) is 0.400. The van der Waals surface area contributed by atoms with Crippen molar-refractivity contribution in [3.63, 3.8) is 0 Å². The molecule has 3 N–H and O–H groups in total. The lowest BCUT2D eigenvalue weighted by Gasteiger charge is -2.27. The third kappa shape index (κ3) is 3.14. The van der Waals surface area contributed by atoms with Gasteiger partial charge in [0.25, 0.3) is 0 Å². The Morgan fingerprint density at radius 3 is 2.47 bits per heavy atom. The van der Waals surface area contributed by atoms with Crippen LogP contribution in [0, 0.1) is 0 Å².